The van der Waals surface area contributed by atoms with Crippen LogP contribution in [0.3, 0.4) is 0 Å². The Morgan fingerprint density at radius 1 is 1.24 bits per heavy atom. The Hall–Kier alpha value is -2.82. The molecule has 0 aliphatic carbocycles. The van der Waals surface area contributed by atoms with Gasteiger partial charge < -0.3 is 20.9 Å². The molecule has 0 spiro atoms. The molecule has 2 aromatic rings. The molecule has 1 aromatic carbocycles. The van der Waals surface area contributed by atoms with Crippen molar-refractivity contribution in [3.63, 3.8) is 0 Å². The van der Waals surface area contributed by atoms with E-state index in [2.05, 4.69) is 27.1 Å². The molecule has 184 valence electrons. The molecule has 2 saturated heterocycles. The van der Waals surface area contributed by atoms with Gasteiger partial charge in [0.25, 0.3) is 0 Å². The van der Waals surface area contributed by atoms with Crippen molar-refractivity contribution in [3.05, 3.63) is 47.4 Å². The number of amides is 1. The van der Waals surface area contributed by atoms with Crippen LogP contribution in [0.4, 0.5) is 21.0 Å². The number of hydrogen-bond donors (Lipinski definition) is 3. The van der Waals surface area contributed by atoms with Crippen LogP contribution in [0.15, 0.2) is 30.5 Å². The minimum Gasteiger partial charge on any atom is -0.444 e. The van der Waals surface area contributed by atoms with Gasteiger partial charge in [0.15, 0.2) is 5.72 Å². The van der Waals surface area contributed by atoms with Gasteiger partial charge in [-0.15, -0.1) is 0 Å². The zero-order chi connectivity index (χ0) is 24.7. The number of benzene rings is 1. The Morgan fingerprint density at radius 2 is 1.94 bits per heavy atom. The van der Waals surface area contributed by atoms with Crippen molar-refractivity contribution in [2.24, 2.45) is 5.73 Å². The summed E-state index contributed by atoms with van der Waals surface area (Å²) in [7, 11) is 0. The quantitative estimate of drug-likeness (QED) is 0.586. The summed E-state index contributed by atoms with van der Waals surface area (Å²) in [5, 5.41) is 13.5. The lowest BCUT2D eigenvalue weighted by Crippen LogP contribution is -2.48. The van der Waals surface area contributed by atoms with Crippen LogP contribution in [0.5, 0.6) is 0 Å². The van der Waals surface area contributed by atoms with E-state index in [9.17, 15) is 9.90 Å². The third kappa shape index (κ3) is 4.98. The summed E-state index contributed by atoms with van der Waals surface area (Å²) in [6.45, 7) is 8.98. The number of nitrogens with zero attached hydrogens (tertiary/aromatic N) is 4. The van der Waals surface area contributed by atoms with Crippen LogP contribution < -0.4 is 16.0 Å². The summed E-state index contributed by atoms with van der Waals surface area (Å²) in [5.41, 5.74) is 5.98. The molecule has 0 saturated carbocycles. The molecule has 2 fully saturated rings. The number of carbonyl (C=O) groups is 1. The van der Waals surface area contributed by atoms with E-state index in [1.165, 1.54) is 25.3 Å². The highest BCUT2D eigenvalue weighted by Gasteiger charge is 2.44. The van der Waals surface area contributed by atoms with Crippen LogP contribution in [0.1, 0.15) is 63.7 Å². The molecule has 1 aromatic heterocycles. The maximum absolute atomic E-state index is 15.1. The summed E-state index contributed by atoms with van der Waals surface area (Å²) in [6.07, 6.45) is 2.58. The summed E-state index contributed by atoms with van der Waals surface area (Å²) in [4.78, 5) is 23.9. The first-order valence-electron chi connectivity index (χ1n) is 11.6. The Labute approximate surface area is 199 Å². The summed E-state index contributed by atoms with van der Waals surface area (Å²) in [5.74, 6) is 0.199. The molecule has 4 rings (SSSR count). The number of rotatable bonds is 6. The van der Waals surface area contributed by atoms with E-state index >= 15 is 4.39 Å². The van der Waals surface area contributed by atoms with Crippen molar-refractivity contribution in [3.8, 4) is 0 Å². The van der Waals surface area contributed by atoms with E-state index in [1.54, 1.807) is 0 Å². The van der Waals surface area contributed by atoms with E-state index < -0.39 is 11.8 Å². The molecule has 2 aliphatic rings. The number of likely N-dealkylation sites (tertiary alicyclic amines) is 1. The van der Waals surface area contributed by atoms with E-state index in [-0.39, 0.29) is 41.8 Å². The average Bonchev–Trinajstić information content (AvgIpc) is 3.05. The third-order valence-corrected chi connectivity index (χ3v) is 6.81. The van der Waals surface area contributed by atoms with Crippen molar-refractivity contribution in [2.45, 2.75) is 63.9 Å². The topological polar surface area (TPSA) is 117 Å². The lowest BCUT2D eigenvalue weighted by molar-refractivity contribution is 0.0475. The number of nitrogens with one attached hydrogen (secondary N) is 1. The van der Waals surface area contributed by atoms with Crippen molar-refractivity contribution >= 4 is 17.9 Å². The van der Waals surface area contributed by atoms with Gasteiger partial charge in [-0.05, 0) is 58.2 Å². The number of aromatic nitrogens is 2. The van der Waals surface area contributed by atoms with Gasteiger partial charge in [0.05, 0.1) is 6.04 Å². The summed E-state index contributed by atoms with van der Waals surface area (Å²) in [6, 6.07) is 6.44. The number of carbonyl (C=O) groups excluding carboxylic acids is 1. The van der Waals surface area contributed by atoms with Gasteiger partial charge in [0.1, 0.15) is 18.2 Å². The Balaban J connectivity index is 1.46. The van der Waals surface area contributed by atoms with Gasteiger partial charge in [-0.1, -0.05) is 12.1 Å². The SMILES string of the molecule is CC(c1ccc([C@H](C)Nc2nccc(N3C(=O)OC[C@]3(C)O)n2)cc1F)N1CCC(C)(N)CC1. The molecule has 34 heavy (non-hydrogen) atoms. The lowest BCUT2D eigenvalue weighted by atomic mass is 9.89. The number of nitrogens with two attached hydrogens (primary N) is 1. The second-order valence-corrected chi connectivity index (χ2v) is 9.86. The number of cyclic esters (lactones) is 1. The van der Waals surface area contributed by atoms with E-state index in [4.69, 9.17) is 10.5 Å². The molecule has 3 atom stereocenters. The lowest BCUT2D eigenvalue weighted by Gasteiger charge is -2.40. The molecule has 0 radical (unpaired) electrons. The number of ether oxygens (including phenoxy) is 1. The van der Waals surface area contributed by atoms with Gasteiger partial charge >= 0.3 is 6.09 Å². The van der Waals surface area contributed by atoms with Crippen LogP contribution >= 0.6 is 0 Å². The fraction of sp³-hybridized carbons (Fsp3) is 0.542. The Morgan fingerprint density at radius 3 is 2.56 bits per heavy atom. The maximum atomic E-state index is 15.1. The second-order valence-electron chi connectivity index (χ2n) is 9.86. The first-order chi connectivity index (χ1) is 16.0. The smallest absolute Gasteiger partial charge is 0.418 e. The summed E-state index contributed by atoms with van der Waals surface area (Å²) < 4.78 is 20.0. The summed E-state index contributed by atoms with van der Waals surface area (Å²) >= 11 is 0. The van der Waals surface area contributed by atoms with Crippen LogP contribution in [-0.2, 0) is 4.74 Å². The molecule has 1 unspecified atom stereocenters. The number of halogens is 1. The molecule has 1 amide bonds. The van der Waals surface area contributed by atoms with Crippen LogP contribution in [0.25, 0.3) is 0 Å². The molecule has 9 nitrogen and oxygen atoms in total. The molecule has 3 heterocycles. The average molecular weight is 473 g/mol. The van der Waals surface area contributed by atoms with Crippen molar-refractivity contribution in [1.82, 2.24) is 14.9 Å². The van der Waals surface area contributed by atoms with E-state index in [1.807, 2.05) is 26.0 Å². The third-order valence-electron chi connectivity index (χ3n) is 6.81. The first-order valence-corrected chi connectivity index (χ1v) is 11.6. The fourth-order valence-electron chi connectivity index (χ4n) is 4.46. The molecule has 0 bridgehead atoms. The zero-order valence-corrected chi connectivity index (χ0v) is 20.1. The monoisotopic (exact) mass is 472 g/mol. The van der Waals surface area contributed by atoms with Gasteiger partial charge in [-0.2, -0.15) is 4.98 Å². The maximum Gasteiger partial charge on any atom is 0.418 e. The minimum absolute atomic E-state index is 0.0403. The Kier molecular flexibility index (Phi) is 6.50. The zero-order valence-electron chi connectivity index (χ0n) is 20.1. The number of anilines is 2. The molecule has 10 heteroatoms. The van der Waals surface area contributed by atoms with Crippen molar-refractivity contribution < 1.29 is 19.0 Å². The van der Waals surface area contributed by atoms with Gasteiger partial charge in [0.2, 0.25) is 5.95 Å². The van der Waals surface area contributed by atoms with Crippen molar-refractivity contribution in [1.29, 1.82) is 0 Å². The fourth-order valence-corrected chi connectivity index (χ4v) is 4.46. The minimum atomic E-state index is -1.50. The van der Waals surface area contributed by atoms with Crippen LogP contribution in [-0.4, -0.2) is 57.0 Å². The highest BCUT2D eigenvalue weighted by Crippen LogP contribution is 2.31. The normalized spacial score (nSPS) is 24.6. The molecule has 4 N–H and O–H groups in total. The van der Waals surface area contributed by atoms with Crippen LogP contribution in [0.2, 0.25) is 0 Å². The number of hydrogen-bond acceptors (Lipinski definition) is 8. The number of piperidine rings is 1. The molecular weight excluding hydrogens is 439 g/mol. The van der Waals surface area contributed by atoms with Gasteiger partial charge in [0, 0.05) is 36.4 Å². The number of aliphatic hydroxyl groups is 1. The molecular formula is C24H33FN6O3. The van der Waals surface area contributed by atoms with E-state index in [0.717, 1.165) is 36.4 Å². The van der Waals surface area contributed by atoms with Crippen molar-refractivity contribution in [2.75, 3.05) is 29.9 Å². The largest absolute Gasteiger partial charge is 0.444 e. The predicted octanol–water partition coefficient (Wildman–Crippen LogP) is 3.33. The van der Waals surface area contributed by atoms with E-state index in [0.29, 0.717) is 5.56 Å². The standard InChI is InChI=1S/C24H33FN6O3/c1-15(28-21-27-10-7-20(29-21)31-22(32)34-14-24(31,4)33)17-5-6-18(19(25)13-17)16(2)30-11-8-23(3,26)9-12-30/h5-7,10,13,15-16,33H,8-9,11-12,14,26H2,1-4H3,(H,27,28,29)/t15-,16?,24-/m0/s1. The molecule has 2 aliphatic heterocycles. The Bertz CT molecular complexity index is 1050. The highest BCUT2D eigenvalue weighted by molar-refractivity contribution is 5.89. The second kappa shape index (κ2) is 9.09. The van der Waals surface area contributed by atoms with Gasteiger partial charge in [-0.3, -0.25) is 4.90 Å². The highest BCUT2D eigenvalue weighted by atomic mass is 19.1. The first kappa shape index (κ1) is 24.3. The van der Waals surface area contributed by atoms with Crippen LogP contribution in [0, 0.1) is 5.82 Å². The predicted molar refractivity (Wildman–Crippen MR) is 127 cm³/mol. The van der Waals surface area contributed by atoms with Gasteiger partial charge in [-0.25, -0.2) is 19.1 Å².